The van der Waals surface area contributed by atoms with E-state index in [0.717, 1.165) is 22.2 Å². The normalized spacial score (nSPS) is 24.3. The number of aliphatic hydroxyl groups excluding tert-OH is 2. The summed E-state index contributed by atoms with van der Waals surface area (Å²) in [6, 6.07) is 15.2. The number of carbonyl (C=O) groups excluding carboxylic acids is 6. The van der Waals surface area contributed by atoms with E-state index in [1.807, 2.05) is 30.3 Å². The summed E-state index contributed by atoms with van der Waals surface area (Å²) < 4.78 is 23.7. The van der Waals surface area contributed by atoms with Crippen LogP contribution in [0.4, 0.5) is 0 Å². The summed E-state index contributed by atoms with van der Waals surface area (Å²) in [6.07, 6.45) is -4.73. The maximum atomic E-state index is 13.6. The fourth-order valence-corrected chi connectivity index (χ4v) is 9.68. The Bertz CT molecular complexity index is 3040. The molecule has 1 fully saturated rings. The Hall–Kier alpha value is -7.04. The van der Waals surface area contributed by atoms with Gasteiger partial charge < -0.3 is 65.4 Å². The lowest BCUT2D eigenvalue weighted by Gasteiger charge is -2.42. The average molecular weight is 970 g/mol. The van der Waals surface area contributed by atoms with Crippen LogP contribution >= 0.6 is 0 Å². The second-order valence-electron chi connectivity index (χ2n) is 17.0. The summed E-state index contributed by atoms with van der Waals surface area (Å²) >= 11 is 0. The first-order chi connectivity index (χ1) is 32.4. The number of nitrogens with two attached hydrogens (primary N) is 1. The average Bonchev–Trinajstić information content (AvgIpc) is 3.68. The first-order valence-electron chi connectivity index (χ1n) is 21.4. The van der Waals surface area contributed by atoms with E-state index in [1.165, 1.54) is 25.3 Å². The number of aromatic hydroxyl groups is 2. The van der Waals surface area contributed by atoms with Gasteiger partial charge >= 0.3 is 12.1 Å². The summed E-state index contributed by atoms with van der Waals surface area (Å²) in [5, 5.41) is 65.5. The van der Waals surface area contributed by atoms with E-state index in [0.29, 0.717) is 23.4 Å². The molecule has 1 saturated heterocycles. The molecule has 2 aromatic heterocycles. The van der Waals surface area contributed by atoms with E-state index >= 15 is 0 Å². The number of phenolic OH excluding ortho intramolecular Hbond substituents is 2. The second kappa shape index (κ2) is 19.8. The van der Waals surface area contributed by atoms with Crippen molar-refractivity contribution in [2.24, 2.45) is 5.73 Å². The molecule has 0 radical (unpaired) electrons. The zero-order chi connectivity index (χ0) is 49.1. The zero-order valence-electron chi connectivity index (χ0n) is 37.2. The molecule has 3 aliphatic heterocycles. The Morgan fingerprint density at radius 2 is 1.67 bits per heavy atom. The number of carbonyl (C=O) groups is 4. The van der Waals surface area contributed by atoms with Crippen molar-refractivity contribution >= 4 is 40.4 Å². The van der Waals surface area contributed by atoms with Crippen molar-refractivity contribution in [2.75, 3.05) is 13.7 Å². The van der Waals surface area contributed by atoms with Gasteiger partial charge in [-0.05, 0) is 37.6 Å². The number of pyridine rings is 2. The lowest BCUT2D eigenvalue weighted by Crippen LogP contribution is -2.53. The Morgan fingerprint density at radius 3 is 2.33 bits per heavy atom. The monoisotopic (exact) mass is 969 g/mol. The first kappa shape index (κ1) is 52.3. The molecule has 1 unspecified atom stereocenters. The minimum atomic E-state index is -2.24. The number of aliphatic hydroxyl groups is 4. The Morgan fingerprint density at radius 1 is 0.986 bits per heavy atom. The van der Waals surface area contributed by atoms with Crippen LogP contribution in [0.1, 0.15) is 106 Å². The highest BCUT2D eigenvalue weighted by atomic mass is 16.7. The molecule has 0 saturated carbocycles. The molecule has 370 valence electrons. The molecule has 7 atom stereocenters. The number of ketones is 3. The van der Waals surface area contributed by atoms with E-state index in [-0.39, 0.29) is 72.1 Å². The molecule has 5 aromatic rings. The zero-order valence-corrected chi connectivity index (χ0v) is 37.2. The number of methoxy groups -OCH3 is 1. The van der Waals surface area contributed by atoms with E-state index in [2.05, 4.69) is 0 Å². The molecule has 0 bridgehead atoms. The molecule has 0 spiro atoms. The predicted octanol–water partition coefficient (Wildman–Crippen LogP) is 1.31. The van der Waals surface area contributed by atoms with Crippen molar-refractivity contribution in [3.05, 3.63) is 115 Å². The molecule has 3 aromatic carbocycles. The molecule has 10 rings (SSSR count). The minimum Gasteiger partial charge on any atom is -0.507 e. The number of nitrogens with zero attached hydrogens (tertiary/aromatic N) is 2. The lowest BCUT2D eigenvalue weighted by molar-refractivity contribution is -0.247. The molecule has 2 aliphatic carbocycles. The van der Waals surface area contributed by atoms with Crippen LogP contribution in [-0.4, -0.2) is 119 Å². The number of ether oxygens (including phenoxy) is 4. The number of cyclic esters (lactones) is 1. The van der Waals surface area contributed by atoms with Crippen LogP contribution in [0.15, 0.2) is 59.4 Å². The molecule has 5 heterocycles. The highest BCUT2D eigenvalue weighted by molar-refractivity contribution is 6.31. The number of aromatic nitrogens is 2. The molecule has 21 heteroatoms. The van der Waals surface area contributed by atoms with Crippen molar-refractivity contribution in [2.45, 2.75) is 102 Å². The summed E-state index contributed by atoms with van der Waals surface area (Å²) in [4.78, 5) is 85.9. The number of para-hydroxylation sites is 1. The van der Waals surface area contributed by atoms with Crippen molar-refractivity contribution in [3.63, 3.8) is 0 Å². The summed E-state index contributed by atoms with van der Waals surface area (Å²) in [7, 11) is 1.32. The molecule has 5 aliphatic rings. The number of hydrogen-bond donors (Lipinski definition) is 7. The second-order valence-corrected chi connectivity index (χ2v) is 17.0. The van der Waals surface area contributed by atoms with Crippen LogP contribution in [0.5, 0.6) is 17.2 Å². The third-order valence-electron chi connectivity index (χ3n) is 13.2. The third kappa shape index (κ3) is 8.36. The van der Waals surface area contributed by atoms with Gasteiger partial charge in [0, 0.05) is 58.5 Å². The van der Waals surface area contributed by atoms with Gasteiger partial charge in [-0.3, -0.25) is 19.2 Å². The van der Waals surface area contributed by atoms with Gasteiger partial charge in [0.2, 0.25) is 5.78 Å². The standard InChI is InChI=1S/C27H29NO11.C20H16N2O4.CO2.CH4.H2O/c1-10-22(31)13(28)6-17(38-10)39-15-8-27(36,16(30)9-29)7-12-19(15)26(35)21-20(24(12)33)23(32)11-4-3-5-14(37-2)18(11)25(21)34;1-2-20(25)14-8-16-17-12(7-11-5-3-4-6-15(11)21-17)9-22(16)18(23)13(14)10-26-19(20)24;2-1-3;;/h3-5,10,13,15,17,22,29,31,33,35-36H,6-9,28H2,1-2H3;3-8,25H,2,9-10H2,1H3;;1H4;1H2/t10-,13-,15+,17?,22+,27+;20-;;;/m10.../s1. The van der Waals surface area contributed by atoms with Crippen LogP contribution < -0.4 is 16.0 Å². The van der Waals surface area contributed by atoms with E-state index in [1.54, 1.807) is 24.5 Å². The van der Waals surface area contributed by atoms with E-state index < -0.39 is 107 Å². The topological polar surface area (TPSA) is 353 Å². The van der Waals surface area contributed by atoms with Gasteiger partial charge in [0.15, 0.2) is 23.5 Å². The summed E-state index contributed by atoms with van der Waals surface area (Å²) in [5.41, 5.74) is 4.19. The molecule has 10 N–H and O–H groups in total. The van der Waals surface area contributed by atoms with Crippen LogP contribution in [0.3, 0.4) is 0 Å². The number of esters is 1. The quantitative estimate of drug-likeness (QED) is 0.0912. The Labute approximate surface area is 397 Å². The largest absolute Gasteiger partial charge is 0.507 e. The number of benzene rings is 3. The van der Waals surface area contributed by atoms with Crippen molar-refractivity contribution < 1.29 is 83.8 Å². The third-order valence-corrected chi connectivity index (χ3v) is 13.2. The molecular weight excluding hydrogens is 919 g/mol. The number of fused-ring (bicyclic) bond motifs is 8. The molecule has 21 nitrogen and oxygen atoms in total. The van der Waals surface area contributed by atoms with Crippen LogP contribution in [0.2, 0.25) is 0 Å². The maximum Gasteiger partial charge on any atom is 0.373 e. The molecular formula is C49H51N3O18. The number of hydrogen-bond acceptors (Lipinski definition) is 19. The molecule has 0 amide bonds. The van der Waals surface area contributed by atoms with Gasteiger partial charge in [-0.15, -0.1) is 0 Å². The van der Waals surface area contributed by atoms with Gasteiger partial charge in [-0.2, -0.15) is 9.59 Å². The van der Waals surface area contributed by atoms with Crippen LogP contribution in [0.25, 0.3) is 22.3 Å². The van der Waals surface area contributed by atoms with E-state index in [9.17, 15) is 54.6 Å². The maximum absolute atomic E-state index is 13.6. The minimum absolute atomic E-state index is 0. The highest BCUT2D eigenvalue weighted by Crippen LogP contribution is 2.52. The van der Waals surface area contributed by atoms with Crippen molar-refractivity contribution in [1.29, 1.82) is 0 Å². The fourth-order valence-electron chi connectivity index (χ4n) is 9.68. The Balaban J connectivity index is 0.000000225. The summed E-state index contributed by atoms with van der Waals surface area (Å²) in [6.45, 7) is 2.57. The number of rotatable bonds is 6. The predicted molar refractivity (Wildman–Crippen MR) is 242 cm³/mol. The van der Waals surface area contributed by atoms with Gasteiger partial charge in [0.05, 0.1) is 71.1 Å². The van der Waals surface area contributed by atoms with Gasteiger partial charge in [0.1, 0.15) is 36.1 Å². The lowest BCUT2D eigenvalue weighted by atomic mass is 9.72. The number of phenols is 2. The van der Waals surface area contributed by atoms with Gasteiger partial charge in [-0.25, -0.2) is 9.78 Å². The highest BCUT2D eigenvalue weighted by Gasteiger charge is 2.50. The Kier molecular flexibility index (Phi) is 14.8. The first-order valence-corrected chi connectivity index (χ1v) is 21.4. The van der Waals surface area contributed by atoms with Gasteiger partial charge in [0.25, 0.3) is 5.56 Å². The van der Waals surface area contributed by atoms with Crippen molar-refractivity contribution in [1.82, 2.24) is 9.55 Å². The smallest absolute Gasteiger partial charge is 0.373 e. The van der Waals surface area contributed by atoms with Crippen LogP contribution in [-0.2, 0) is 58.6 Å². The van der Waals surface area contributed by atoms with E-state index in [4.69, 9.17) is 39.3 Å². The number of Topliss-reactive ketones (excluding diaryl/α,β-unsaturated/α-hetero) is 1. The molecule has 70 heavy (non-hydrogen) atoms. The summed E-state index contributed by atoms with van der Waals surface area (Å²) in [5.74, 6) is -4.48. The van der Waals surface area contributed by atoms with Gasteiger partial charge in [-0.1, -0.05) is 44.7 Å². The SMILES string of the molecule is C.CC[C@@]1(O)C(=O)OCc2c1cc1n(c2=O)Cc2cc3ccccc3nc2-1.COc1cccc2c1C(=O)c1c(O)c3c(c(O)c1C2=O)C[C@@](O)(C(=O)CO)C[C@@H]3OC1C[C@@H](N)[C@@H](O)[C@@H](C)O1.O.O=C=O. The fraction of sp³-hybridized carbons (Fsp3) is 0.367. The van der Waals surface area contributed by atoms with Crippen molar-refractivity contribution in [3.8, 4) is 28.6 Å². The van der Waals surface area contributed by atoms with Crippen LogP contribution in [0, 0.1) is 0 Å².